The molecule has 1 N–H and O–H groups in total. The monoisotopic (exact) mass is 394 g/mol. The summed E-state index contributed by atoms with van der Waals surface area (Å²) >= 11 is 12.5. The summed E-state index contributed by atoms with van der Waals surface area (Å²) in [6.45, 7) is 0.404. The minimum absolute atomic E-state index is 0.0592. The van der Waals surface area contributed by atoms with E-state index in [0.717, 1.165) is 11.1 Å². The number of rotatable bonds is 6. The van der Waals surface area contributed by atoms with Gasteiger partial charge in [0.1, 0.15) is 18.5 Å². The van der Waals surface area contributed by atoms with Gasteiger partial charge in [-0.15, -0.1) is 0 Å². The van der Waals surface area contributed by atoms with Crippen LogP contribution in [0.25, 0.3) is 0 Å². The molecule has 4 nitrogen and oxygen atoms in total. The van der Waals surface area contributed by atoms with Gasteiger partial charge in [0.2, 0.25) is 0 Å². The highest BCUT2D eigenvalue weighted by molar-refractivity contribution is 6.35. The van der Waals surface area contributed by atoms with E-state index in [4.69, 9.17) is 32.7 Å². The first-order valence-electron chi connectivity index (χ1n) is 8.53. The Morgan fingerprint density at radius 2 is 1.96 bits per heavy atom. The molecule has 6 heteroatoms. The number of aliphatic hydroxyl groups excluding tert-OH is 1. The Balaban J connectivity index is 1.70. The van der Waals surface area contributed by atoms with Crippen LogP contribution in [0.1, 0.15) is 30.4 Å². The molecule has 0 amide bonds. The van der Waals surface area contributed by atoms with E-state index in [-0.39, 0.29) is 18.5 Å². The van der Waals surface area contributed by atoms with Crippen molar-refractivity contribution in [3.8, 4) is 5.75 Å². The number of esters is 1. The fourth-order valence-corrected chi connectivity index (χ4v) is 3.60. The first kappa shape index (κ1) is 19.0. The molecular formula is C20H20Cl2O4. The van der Waals surface area contributed by atoms with Crippen molar-refractivity contribution in [3.63, 3.8) is 0 Å². The molecule has 138 valence electrons. The third-order valence-electron chi connectivity index (χ3n) is 4.31. The van der Waals surface area contributed by atoms with Crippen molar-refractivity contribution in [1.29, 1.82) is 0 Å². The molecule has 1 fully saturated rings. The van der Waals surface area contributed by atoms with E-state index in [9.17, 15) is 9.90 Å². The van der Waals surface area contributed by atoms with Crippen molar-refractivity contribution in [3.05, 3.63) is 63.6 Å². The maximum atomic E-state index is 11.5. The predicted octanol–water partition coefficient (Wildman–Crippen LogP) is 4.57. The molecule has 1 aliphatic heterocycles. The van der Waals surface area contributed by atoms with Gasteiger partial charge in [-0.25, -0.2) is 0 Å². The third-order valence-corrected chi connectivity index (χ3v) is 4.86. The minimum Gasteiger partial charge on any atom is -0.489 e. The van der Waals surface area contributed by atoms with Crippen LogP contribution in [0.3, 0.4) is 0 Å². The quantitative estimate of drug-likeness (QED) is 0.728. The van der Waals surface area contributed by atoms with Crippen LogP contribution in [-0.2, 0) is 22.6 Å². The SMILES string of the molecule is O=C1CC(O)CC(CCc2c(Cl)cc(Cl)cc2OCc2ccccc2)O1. The summed E-state index contributed by atoms with van der Waals surface area (Å²) < 4.78 is 11.2. The summed E-state index contributed by atoms with van der Waals surface area (Å²) in [7, 11) is 0. The molecule has 0 bridgehead atoms. The summed E-state index contributed by atoms with van der Waals surface area (Å²) in [5.74, 6) is 0.255. The maximum absolute atomic E-state index is 11.5. The number of cyclic esters (lactones) is 1. The van der Waals surface area contributed by atoms with E-state index < -0.39 is 6.10 Å². The molecule has 1 heterocycles. The molecule has 2 unspecified atom stereocenters. The molecule has 0 aromatic heterocycles. The molecule has 2 aromatic carbocycles. The number of carbonyl (C=O) groups is 1. The van der Waals surface area contributed by atoms with Crippen molar-refractivity contribution in [2.75, 3.05) is 0 Å². The number of ether oxygens (including phenoxy) is 2. The van der Waals surface area contributed by atoms with Gasteiger partial charge in [-0.05, 0) is 30.5 Å². The lowest BCUT2D eigenvalue weighted by Crippen LogP contribution is -2.32. The van der Waals surface area contributed by atoms with E-state index in [1.807, 2.05) is 30.3 Å². The lowest BCUT2D eigenvalue weighted by Gasteiger charge is -2.26. The summed E-state index contributed by atoms with van der Waals surface area (Å²) in [6.07, 6.45) is 0.660. The standard InChI is InChI=1S/C20H20Cl2O4/c21-14-8-18(22)17(7-6-16-10-15(23)11-20(24)26-16)19(9-14)25-12-13-4-2-1-3-5-13/h1-5,8-9,15-16,23H,6-7,10-12H2. The zero-order chi connectivity index (χ0) is 18.5. The van der Waals surface area contributed by atoms with Gasteiger partial charge < -0.3 is 14.6 Å². The van der Waals surface area contributed by atoms with E-state index in [1.54, 1.807) is 12.1 Å². The van der Waals surface area contributed by atoms with Gasteiger partial charge in [-0.1, -0.05) is 53.5 Å². The van der Waals surface area contributed by atoms with Crippen molar-refractivity contribution >= 4 is 29.2 Å². The van der Waals surface area contributed by atoms with Gasteiger partial charge in [0.15, 0.2) is 0 Å². The fourth-order valence-electron chi connectivity index (χ4n) is 3.03. The van der Waals surface area contributed by atoms with Gasteiger partial charge in [0.05, 0.1) is 12.5 Å². The highest BCUT2D eigenvalue weighted by Crippen LogP contribution is 2.33. The second kappa shape index (κ2) is 8.76. The van der Waals surface area contributed by atoms with Crippen LogP contribution in [0, 0.1) is 0 Å². The predicted molar refractivity (Wildman–Crippen MR) is 101 cm³/mol. The van der Waals surface area contributed by atoms with Crippen molar-refractivity contribution in [1.82, 2.24) is 0 Å². The Bertz CT molecular complexity index is 764. The topological polar surface area (TPSA) is 55.8 Å². The summed E-state index contributed by atoms with van der Waals surface area (Å²) in [6, 6.07) is 13.2. The van der Waals surface area contributed by atoms with Crippen LogP contribution in [0.4, 0.5) is 0 Å². The van der Waals surface area contributed by atoms with Gasteiger partial charge in [-0.3, -0.25) is 4.79 Å². The Kier molecular flexibility index (Phi) is 6.41. The normalized spacial score (nSPS) is 19.9. The Morgan fingerprint density at radius 1 is 1.19 bits per heavy atom. The average Bonchev–Trinajstić information content (AvgIpc) is 2.59. The molecule has 26 heavy (non-hydrogen) atoms. The number of benzene rings is 2. The minimum atomic E-state index is -0.643. The largest absolute Gasteiger partial charge is 0.489 e. The lowest BCUT2D eigenvalue weighted by atomic mass is 9.99. The number of aliphatic hydroxyl groups is 1. The third kappa shape index (κ3) is 5.13. The van der Waals surface area contributed by atoms with E-state index in [0.29, 0.717) is 41.7 Å². The fraction of sp³-hybridized carbons (Fsp3) is 0.350. The molecule has 3 rings (SSSR count). The number of carbonyl (C=O) groups excluding carboxylic acids is 1. The zero-order valence-electron chi connectivity index (χ0n) is 14.2. The molecule has 2 aromatic rings. The maximum Gasteiger partial charge on any atom is 0.308 e. The first-order chi connectivity index (χ1) is 12.5. The van der Waals surface area contributed by atoms with Gasteiger partial charge >= 0.3 is 5.97 Å². The van der Waals surface area contributed by atoms with Gasteiger partial charge in [0.25, 0.3) is 0 Å². The number of halogens is 2. The Hall–Kier alpha value is -1.75. The van der Waals surface area contributed by atoms with Crippen LogP contribution < -0.4 is 4.74 Å². The number of hydrogen-bond acceptors (Lipinski definition) is 4. The second-order valence-corrected chi connectivity index (χ2v) is 7.23. The van der Waals surface area contributed by atoms with Crippen molar-refractivity contribution in [2.45, 2.75) is 44.5 Å². The molecule has 0 spiro atoms. The zero-order valence-corrected chi connectivity index (χ0v) is 15.7. The van der Waals surface area contributed by atoms with Crippen LogP contribution in [0.2, 0.25) is 10.0 Å². The lowest BCUT2D eigenvalue weighted by molar-refractivity contribution is -0.160. The van der Waals surface area contributed by atoms with Crippen molar-refractivity contribution < 1.29 is 19.4 Å². The Morgan fingerprint density at radius 3 is 2.69 bits per heavy atom. The van der Waals surface area contributed by atoms with Crippen LogP contribution in [0.5, 0.6) is 5.75 Å². The van der Waals surface area contributed by atoms with Crippen LogP contribution >= 0.6 is 23.2 Å². The van der Waals surface area contributed by atoms with Gasteiger partial charge in [-0.2, -0.15) is 0 Å². The molecule has 0 aliphatic carbocycles. The first-order valence-corrected chi connectivity index (χ1v) is 9.29. The second-order valence-electron chi connectivity index (χ2n) is 6.38. The summed E-state index contributed by atoms with van der Waals surface area (Å²) in [5.41, 5.74) is 1.86. The van der Waals surface area contributed by atoms with Crippen LogP contribution in [-0.4, -0.2) is 23.3 Å². The molecule has 0 radical (unpaired) electrons. The molecule has 2 atom stereocenters. The molecule has 1 aliphatic rings. The smallest absolute Gasteiger partial charge is 0.308 e. The molecule has 1 saturated heterocycles. The van der Waals surface area contributed by atoms with E-state index in [2.05, 4.69) is 0 Å². The summed E-state index contributed by atoms with van der Waals surface area (Å²) in [5, 5.41) is 10.8. The van der Waals surface area contributed by atoms with Gasteiger partial charge in [0, 0.05) is 22.0 Å². The summed E-state index contributed by atoms with van der Waals surface area (Å²) in [4.78, 5) is 11.5. The number of hydrogen-bond donors (Lipinski definition) is 1. The van der Waals surface area contributed by atoms with E-state index in [1.165, 1.54) is 0 Å². The van der Waals surface area contributed by atoms with Crippen molar-refractivity contribution in [2.24, 2.45) is 0 Å². The molecular weight excluding hydrogens is 375 g/mol. The average molecular weight is 395 g/mol. The highest BCUT2D eigenvalue weighted by Gasteiger charge is 2.27. The van der Waals surface area contributed by atoms with Crippen LogP contribution in [0.15, 0.2) is 42.5 Å². The van der Waals surface area contributed by atoms with E-state index >= 15 is 0 Å². The Labute approximate surface area is 162 Å². The molecule has 0 saturated carbocycles. The highest BCUT2D eigenvalue weighted by atomic mass is 35.5.